The minimum Gasteiger partial charge on any atom is -0.480 e. The van der Waals surface area contributed by atoms with E-state index in [1.165, 1.54) is 41.8 Å². The standard InChI is InChI=1S/C30H17IO2/c31-28-21-11-5-6-12-22(21)30-27(28)25-19-9-3-1-7-17(19)13-15-23(25)32-29(30)26-20-10-4-2-8-18(20)14-16-24(26)33-30/h1-16,29H. The third-order valence-corrected chi connectivity index (χ3v) is 8.49. The zero-order valence-corrected chi connectivity index (χ0v) is 19.7. The van der Waals surface area contributed by atoms with Crippen molar-refractivity contribution in [3.8, 4) is 11.5 Å². The maximum absolute atomic E-state index is 7.05. The van der Waals surface area contributed by atoms with Crippen LogP contribution < -0.4 is 9.47 Å². The summed E-state index contributed by atoms with van der Waals surface area (Å²) in [4.78, 5) is 0. The first-order valence-corrected chi connectivity index (χ1v) is 12.2. The third-order valence-electron chi connectivity index (χ3n) is 7.37. The van der Waals surface area contributed by atoms with Gasteiger partial charge in [0, 0.05) is 25.8 Å². The third kappa shape index (κ3) is 2.10. The number of hydrogen-bond acceptors (Lipinski definition) is 2. The number of fused-ring (bicyclic) bond motifs is 9. The number of benzene rings is 5. The highest BCUT2D eigenvalue weighted by atomic mass is 127. The molecule has 5 aromatic rings. The summed E-state index contributed by atoms with van der Waals surface area (Å²) in [5.41, 5.74) is 5.25. The zero-order chi connectivity index (χ0) is 21.7. The smallest absolute Gasteiger partial charge is 0.202 e. The summed E-state index contributed by atoms with van der Waals surface area (Å²) in [5.74, 6) is 1.84. The van der Waals surface area contributed by atoms with Crippen molar-refractivity contribution in [2.45, 2.75) is 11.7 Å². The van der Waals surface area contributed by atoms with Crippen molar-refractivity contribution in [3.05, 3.63) is 119 Å². The van der Waals surface area contributed by atoms with Gasteiger partial charge in [-0.3, -0.25) is 0 Å². The molecule has 2 heterocycles. The Morgan fingerprint density at radius 1 is 0.667 bits per heavy atom. The Morgan fingerprint density at radius 3 is 2.18 bits per heavy atom. The summed E-state index contributed by atoms with van der Waals surface area (Å²) in [6.07, 6.45) is -0.254. The van der Waals surface area contributed by atoms with Gasteiger partial charge in [-0.15, -0.1) is 0 Å². The fraction of sp³-hybridized carbons (Fsp3) is 0.0667. The minimum absolute atomic E-state index is 0.254. The molecule has 0 saturated heterocycles. The maximum Gasteiger partial charge on any atom is 0.202 e. The van der Waals surface area contributed by atoms with Crippen LogP contribution in [0.15, 0.2) is 97.1 Å². The molecular weight excluding hydrogens is 519 g/mol. The van der Waals surface area contributed by atoms with Gasteiger partial charge in [-0.05, 0) is 61.8 Å². The van der Waals surface area contributed by atoms with Gasteiger partial charge >= 0.3 is 0 Å². The summed E-state index contributed by atoms with van der Waals surface area (Å²) in [6.45, 7) is 0. The van der Waals surface area contributed by atoms with Crippen LogP contribution in [0.2, 0.25) is 0 Å². The van der Waals surface area contributed by atoms with Gasteiger partial charge in [0.15, 0.2) is 6.10 Å². The molecule has 2 aliphatic heterocycles. The molecule has 0 bridgehead atoms. The van der Waals surface area contributed by atoms with E-state index in [2.05, 4.69) is 120 Å². The van der Waals surface area contributed by atoms with Gasteiger partial charge in [-0.25, -0.2) is 0 Å². The van der Waals surface area contributed by atoms with Crippen LogP contribution in [0.4, 0.5) is 0 Å². The predicted octanol–water partition coefficient (Wildman–Crippen LogP) is 8.03. The molecule has 156 valence electrons. The lowest BCUT2D eigenvalue weighted by Crippen LogP contribution is -2.40. The summed E-state index contributed by atoms with van der Waals surface area (Å²) in [5, 5.41) is 4.81. The van der Waals surface area contributed by atoms with Gasteiger partial charge in [-0.2, -0.15) is 0 Å². The Bertz CT molecular complexity index is 1700. The van der Waals surface area contributed by atoms with E-state index >= 15 is 0 Å². The zero-order valence-electron chi connectivity index (χ0n) is 17.5. The molecule has 0 radical (unpaired) electrons. The highest BCUT2D eigenvalue weighted by molar-refractivity contribution is 14.1. The minimum atomic E-state index is -0.698. The van der Waals surface area contributed by atoms with E-state index in [0.717, 1.165) is 22.6 Å². The molecule has 2 nitrogen and oxygen atoms in total. The van der Waals surface area contributed by atoms with Crippen LogP contribution >= 0.6 is 22.6 Å². The van der Waals surface area contributed by atoms with Crippen molar-refractivity contribution in [2.24, 2.45) is 0 Å². The molecule has 0 N–H and O–H groups in total. The molecule has 0 amide bonds. The van der Waals surface area contributed by atoms with Gasteiger partial charge in [0.05, 0.1) is 0 Å². The number of halogens is 1. The molecule has 3 aliphatic rings. The second-order valence-electron chi connectivity index (χ2n) is 8.93. The fourth-order valence-corrected chi connectivity index (χ4v) is 7.19. The molecule has 33 heavy (non-hydrogen) atoms. The van der Waals surface area contributed by atoms with E-state index in [9.17, 15) is 0 Å². The summed E-state index contributed by atoms with van der Waals surface area (Å²) >= 11 is 2.52. The summed E-state index contributed by atoms with van der Waals surface area (Å²) in [6, 6.07) is 34.3. The van der Waals surface area contributed by atoms with Crippen molar-refractivity contribution in [1.82, 2.24) is 0 Å². The van der Waals surface area contributed by atoms with E-state index < -0.39 is 5.60 Å². The number of rotatable bonds is 0. The van der Waals surface area contributed by atoms with E-state index in [1.54, 1.807) is 0 Å². The van der Waals surface area contributed by atoms with E-state index in [4.69, 9.17) is 9.47 Å². The summed E-state index contributed by atoms with van der Waals surface area (Å²) < 4.78 is 15.2. The lowest BCUT2D eigenvalue weighted by molar-refractivity contribution is 0.0240. The fourth-order valence-electron chi connectivity index (χ4n) is 6.05. The van der Waals surface area contributed by atoms with E-state index in [-0.39, 0.29) is 6.10 Å². The van der Waals surface area contributed by atoms with Crippen LogP contribution in [0.5, 0.6) is 11.5 Å². The van der Waals surface area contributed by atoms with Crippen molar-refractivity contribution in [2.75, 3.05) is 0 Å². The van der Waals surface area contributed by atoms with Crippen LogP contribution in [0.3, 0.4) is 0 Å². The van der Waals surface area contributed by atoms with Crippen molar-refractivity contribution < 1.29 is 9.47 Å². The molecule has 0 aromatic heterocycles. The largest absolute Gasteiger partial charge is 0.480 e. The van der Waals surface area contributed by atoms with Gasteiger partial charge in [0.25, 0.3) is 0 Å². The molecule has 3 heteroatoms. The molecular formula is C30H17IO2. The second-order valence-corrected chi connectivity index (χ2v) is 10.0. The van der Waals surface area contributed by atoms with Gasteiger partial charge in [-0.1, -0.05) is 84.9 Å². The van der Waals surface area contributed by atoms with E-state index in [0.29, 0.717) is 0 Å². The average molecular weight is 536 g/mol. The van der Waals surface area contributed by atoms with Gasteiger partial charge in [0.2, 0.25) is 5.60 Å². The Labute approximate surface area is 204 Å². The lowest BCUT2D eigenvalue weighted by Gasteiger charge is -2.40. The first kappa shape index (κ1) is 18.2. The Hall–Kier alpha value is -3.31. The van der Waals surface area contributed by atoms with E-state index in [1.807, 2.05) is 0 Å². The molecule has 8 rings (SSSR count). The summed E-state index contributed by atoms with van der Waals surface area (Å²) in [7, 11) is 0. The second kappa shape index (κ2) is 6.17. The number of hydrogen-bond donors (Lipinski definition) is 0. The molecule has 1 aliphatic carbocycles. The van der Waals surface area contributed by atoms with Crippen LogP contribution in [-0.2, 0) is 5.60 Å². The highest BCUT2D eigenvalue weighted by Crippen LogP contribution is 2.68. The molecule has 2 unspecified atom stereocenters. The first-order chi connectivity index (χ1) is 16.3. The molecule has 5 aromatic carbocycles. The monoisotopic (exact) mass is 536 g/mol. The average Bonchev–Trinajstić information content (AvgIpc) is 3.34. The van der Waals surface area contributed by atoms with Gasteiger partial charge < -0.3 is 9.47 Å². The molecule has 0 fully saturated rings. The van der Waals surface area contributed by atoms with Crippen LogP contribution in [0.1, 0.15) is 28.4 Å². The van der Waals surface area contributed by atoms with Crippen molar-refractivity contribution in [3.63, 3.8) is 0 Å². The van der Waals surface area contributed by atoms with Crippen LogP contribution in [0, 0.1) is 0 Å². The Kier molecular flexibility index (Phi) is 3.40. The maximum atomic E-state index is 7.05. The van der Waals surface area contributed by atoms with Crippen LogP contribution in [0.25, 0.3) is 30.7 Å². The quantitative estimate of drug-likeness (QED) is 0.187. The predicted molar refractivity (Wildman–Crippen MR) is 141 cm³/mol. The Morgan fingerprint density at radius 2 is 1.33 bits per heavy atom. The first-order valence-electron chi connectivity index (χ1n) is 11.2. The molecule has 2 atom stereocenters. The topological polar surface area (TPSA) is 18.5 Å². The van der Waals surface area contributed by atoms with Crippen LogP contribution in [-0.4, -0.2) is 0 Å². The molecule has 0 saturated carbocycles. The van der Waals surface area contributed by atoms with Crippen molar-refractivity contribution in [1.29, 1.82) is 0 Å². The Balaban J connectivity index is 1.54. The van der Waals surface area contributed by atoms with Gasteiger partial charge in [0.1, 0.15) is 11.5 Å². The molecule has 1 spiro atoms. The highest BCUT2D eigenvalue weighted by Gasteiger charge is 2.62. The number of ether oxygens (including phenoxy) is 2. The lowest BCUT2D eigenvalue weighted by atomic mass is 9.76. The normalized spacial score (nSPS) is 21.7. The van der Waals surface area contributed by atoms with Crippen molar-refractivity contribution >= 4 is 53.3 Å². The SMILES string of the molecule is IC1=C2c3c(ccc4ccccc34)OC3c4c(ccc5ccccc45)OC23c2ccccc21.